The molecule has 2 aromatic carbocycles. The summed E-state index contributed by atoms with van der Waals surface area (Å²) in [5.74, 6) is -0.434. The topological polar surface area (TPSA) is 60.0 Å². The summed E-state index contributed by atoms with van der Waals surface area (Å²) < 4.78 is 2.13. The van der Waals surface area contributed by atoms with Crippen LogP contribution in [0.2, 0.25) is 0 Å². The van der Waals surface area contributed by atoms with Crippen LogP contribution in [0.1, 0.15) is 16.1 Å². The van der Waals surface area contributed by atoms with Crippen LogP contribution < -0.4 is 11.1 Å². The third-order valence-corrected chi connectivity index (χ3v) is 3.85. The number of primary amides is 1. The molecular weight excluding hydrogens is 262 g/mol. The summed E-state index contributed by atoms with van der Waals surface area (Å²) in [6.07, 6.45) is 0. The monoisotopic (exact) mass is 279 g/mol. The molecule has 3 N–H and O–H groups in total. The number of nitrogens with zero attached hydrogens (tertiary/aromatic N) is 1. The zero-order valence-corrected chi connectivity index (χ0v) is 12.1. The van der Waals surface area contributed by atoms with Gasteiger partial charge in [-0.1, -0.05) is 30.3 Å². The van der Waals surface area contributed by atoms with Gasteiger partial charge in [0.15, 0.2) is 0 Å². The molecular formula is C17H17N3O. The van der Waals surface area contributed by atoms with E-state index < -0.39 is 5.91 Å². The van der Waals surface area contributed by atoms with Crippen molar-refractivity contribution in [1.82, 2.24) is 4.57 Å². The van der Waals surface area contributed by atoms with E-state index in [1.807, 2.05) is 31.3 Å². The number of amides is 1. The Hall–Kier alpha value is -2.75. The molecule has 0 bridgehead atoms. The number of fused-ring (bicyclic) bond motifs is 1. The fourth-order valence-electron chi connectivity index (χ4n) is 2.62. The van der Waals surface area contributed by atoms with Gasteiger partial charge >= 0.3 is 0 Å². The molecule has 106 valence electrons. The minimum absolute atomic E-state index is 0.434. The molecule has 3 aromatic rings. The summed E-state index contributed by atoms with van der Waals surface area (Å²) in [7, 11) is 2.03. The van der Waals surface area contributed by atoms with Crippen molar-refractivity contribution >= 4 is 28.2 Å². The largest absolute Gasteiger partial charge is 0.366 e. The van der Waals surface area contributed by atoms with Crippen LogP contribution in [-0.2, 0) is 7.05 Å². The van der Waals surface area contributed by atoms with Crippen LogP contribution in [0.3, 0.4) is 0 Å². The number of rotatable bonds is 3. The van der Waals surface area contributed by atoms with Gasteiger partial charge in [0.25, 0.3) is 5.91 Å². The maximum absolute atomic E-state index is 11.5. The molecule has 4 nitrogen and oxygen atoms in total. The van der Waals surface area contributed by atoms with E-state index in [1.54, 1.807) is 12.1 Å². The molecule has 0 radical (unpaired) electrons. The second-order valence-corrected chi connectivity index (χ2v) is 5.07. The Morgan fingerprint density at radius 3 is 2.52 bits per heavy atom. The van der Waals surface area contributed by atoms with Crippen molar-refractivity contribution in [2.45, 2.75) is 6.92 Å². The van der Waals surface area contributed by atoms with Crippen molar-refractivity contribution in [2.24, 2.45) is 12.8 Å². The second kappa shape index (κ2) is 4.98. The van der Waals surface area contributed by atoms with Crippen molar-refractivity contribution < 1.29 is 4.79 Å². The summed E-state index contributed by atoms with van der Waals surface area (Å²) in [6, 6.07) is 15.4. The fraction of sp³-hybridized carbons (Fsp3) is 0.118. The first-order chi connectivity index (χ1) is 10.1. The number of carbonyl (C=O) groups excluding carboxylic acids is 1. The smallest absolute Gasteiger partial charge is 0.250 e. The molecule has 1 aromatic heterocycles. The Labute approximate surface area is 123 Å². The average Bonchev–Trinajstić information content (AvgIpc) is 2.73. The first-order valence-electron chi connectivity index (χ1n) is 6.79. The molecule has 4 heteroatoms. The van der Waals surface area contributed by atoms with Crippen LogP contribution in [0.15, 0.2) is 48.5 Å². The molecule has 0 aliphatic rings. The lowest BCUT2D eigenvalue weighted by Gasteiger charge is -2.10. The molecule has 0 aliphatic heterocycles. The molecule has 0 atom stereocenters. The van der Waals surface area contributed by atoms with Crippen LogP contribution in [0.5, 0.6) is 0 Å². The van der Waals surface area contributed by atoms with Crippen LogP contribution in [0.25, 0.3) is 10.9 Å². The number of para-hydroxylation sites is 2. The zero-order valence-electron chi connectivity index (χ0n) is 12.1. The number of aromatic nitrogens is 1. The summed E-state index contributed by atoms with van der Waals surface area (Å²) >= 11 is 0. The highest BCUT2D eigenvalue weighted by Crippen LogP contribution is 2.32. The molecule has 0 fully saturated rings. The lowest BCUT2D eigenvalue weighted by molar-refractivity contribution is 0.100. The molecule has 3 rings (SSSR count). The van der Waals surface area contributed by atoms with Crippen molar-refractivity contribution in [2.75, 3.05) is 5.32 Å². The SMILES string of the molecule is Cc1c(Nc2ccccc2C(N)=O)c2ccccc2n1C. The van der Waals surface area contributed by atoms with Gasteiger partial charge in [0.2, 0.25) is 0 Å². The number of anilines is 2. The molecule has 1 heterocycles. The van der Waals surface area contributed by atoms with E-state index in [4.69, 9.17) is 5.73 Å². The van der Waals surface area contributed by atoms with Gasteiger partial charge < -0.3 is 15.6 Å². The standard InChI is InChI=1S/C17H17N3O/c1-11-16(13-8-4-6-10-15(13)20(11)2)19-14-9-5-3-7-12(14)17(18)21/h3-10,19H,1-2H3,(H2,18,21). The fourth-order valence-corrected chi connectivity index (χ4v) is 2.62. The Bertz CT molecular complexity index is 833. The maximum Gasteiger partial charge on any atom is 0.250 e. The first-order valence-corrected chi connectivity index (χ1v) is 6.79. The van der Waals surface area contributed by atoms with Crippen LogP contribution in [0.4, 0.5) is 11.4 Å². The number of hydrogen-bond acceptors (Lipinski definition) is 2. The van der Waals surface area contributed by atoms with Gasteiger partial charge in [0.05, 0.1) is 22.5 Å². The van der Waals surface area contributed by atoms with Gasteiger partial charge in [0.1, 0.15) is 0 Å². The van der Waals surface area contributed by atoms with E-state index in [2.05, 4.69) is 28.9 Å². The zero-order chi connectivity index (χ0) is 15.0. The van der Waals surface area contributed by atoms with Gasteiger partial charge in [-0.2, -0.15) is 0 Å². The summed E-state index contributed by atoms with van der Waals surface area (Å²) in [6.45, 7) is 2.05. The molecule has 0 saturated carbocycles. The highest BCUT2D eigenvalue weighted by atomic mass is 16.1. The third-order valence-electron chi connectivity index (χ3n) is 3.85. The summed E-state index contributed by atoms with van der Waals surface area (Å²) in [4.78, 5) is 11.5. The molecule has 0 spiro atoms. The van der Waals surface area contributed by atoms with Crippen molar-refractivity contribution in [1.29, 1.82) is 0 Å². The first kappa shape index (κ1) is 13.2. The third kappa shape index (κ3) is 2.14. The Morgan fingerprint density at radius 1 is 1.10 bits per heavy atom. The molecule has 0 saturated heterocycles. The van der Waals surface area contributed by atoms with Crippen LogP contribution >= 0.6 is 0 Å². The minimum Gasteiger partial charge on any atom is -0.366 e. The number of aryl methyl sites for hydroxylation is 1. The van der Waals surface area contributed by atoms with Gasteiger partial charge in [-0.05, 0) is 25.1 Å². The summed E-state index contributed by atoms with van der Waals surface area (Å²) in [5, 5.41) is 4.49. The van der Waals surface area contributed by atoms with Gasteiger partial charge in [-0.3, -0.25) is 4.79 Å². The molecule has 0 aliphatic carbocycles. The lowest BCUT2D eigenvalue weighted by atomic mass is 10.1. The second-order valence-electron chi connectivity index (χ2n) is 5.07. The van der Waals surface area contributed by atoms with Crippen molar-refractivity contribution in [3.63, 3.8) is 0 Å². The number of carbonyl (C=O) groups is 1. The lowest BCUT2D eigenvalue weighted by Crippen LogP contribution is -2.13. The minimum atomic E-state index is -0.434. The number of nitrogens with two attached hydrogens (primary N) is 1. The summed E-state index contributed by atoms with van der Waals surface area (Å²) in [5.41, 5.74) is 9.91. The Balaban J connectivity index is 2.15. The van der Waals surface area contributed by atoms with E-state index in [0.29, 0.717) is 5.56 Å². The van der Waals surface area contributed by atoms with E-state index in [-0.39, 0.29) is 0 Å². The molecule has 21 heavy (non-hydrogen) atoms. The van der Waals surface area contributed by atoms with E-state index in [1.165, 1.54) is 0 Å². The molecule has 1 amide bonds. The predicted octanol–water partition coefficient (Wildman–Crippen LogP) is 3.33. The predicted molar refractivity (Wildman–Crippen MR) is 85.9 cm³/mol. The Kier molecular flexibility index (Phi) is 3.14. The maximum atomic E-state index is 11.5. The van der Waals surface area contributed by atoms with Crippen LogP contribution in [0, 0.1) is 6.92 Å². The van der Waals surface area contributed by atoms with Crippen molar-refractivity contribution in [3.05, 3.63) is 59.8 Å². The number of nitrogens with one attached hydrogen (secondary N) is 1. The normalized spacial score (nSPS) is 10.8. The Morgan fingerprint density at radius 2 is 1.76 bits per heavy atom. The molecule has 0 unspecified atom stereocenters. The number of hydrogen-bond donors (Lipinski definition) is 2. The average molecular weight is 279 g/mol. The van der Waals surface area contributed by atoms with E-state index in [0.717, 1.165) is 28.0 Å². The highest BCUT2D eigenvalue weighted by molar-refractivity contribution is 6.02. The van der Waals surface area contributed by atoms with E-state index >= 15 is 0 Å². The van der Waals surface area contributed by atoms with Crippen molar-refractivity contribution in [3.8, 4) is 0 Å². The van der Waals surface area contributed by atoms with Gasteiger partial charge in [0, 0.05) is 18.1 Å². The van der Waals surface area contributed by atoms with Gasteiger partial charge in [-0.15, -0.1) is 0 Å². The quantitative estimate of drug-likeness (QED) is 0.772. The van der Waals surface area contributed by atoms with Gasteiger partial charge in [-0.25, -0.2) is 0 Å². The van der Waals surface area contributed by atoms with E-state index in [9.17, 15) is 4.79 Å². The highest BCUT2D eigenvalue weighted by Gasteiger charge is 2.14. The van der Waals surface area contributed by atoms with Crippen LogP contribution in [-0.4, -0.2) is 10.5 Å². The number of benzene rings is 2.